The van der Waals surface area contributed by atoms with Crippen LogP contribution in [0.3, 0.4) is 0 Å². The molecule has 5 nitrogen and oxygen atoms in total. The Kier molecular flexibility index (Phi) is 6.71. The van der Waals surface area contributed by atoms with Crippen molar-refractivity contribution in [2.45, 2.75) is 26.4 Å². The molecule has 5 heteroatoms. The first-order valence-electron chi connectivity index (χ1n) is 8.47. The SMILES string of the molecule is COC(CNC(=O)N1CCCN(c2ccccc2)CC1)C(C)C. The van der Waals surface area contributed by atoms with Crippen molar-refractivity contribution < 1.29 is 9.53 Å². The molecule has 1 heterocycles. The van der Waals surface area contributed by atoms with Crippen molar-refractivity contribution in [3.05, 3.63) is 30.3 Å². The summed E-state index contributed by atoms with van der Waals surface area (Å²) in [6.45, 7) is 8.17. The molecule has 1 unspecified atom stereocenters. The van der Waals surface area contributed by atoms with Crippen LogP contribution in [-0.4, -0.2) is 56.9 Å². The van der Waals surface area contributed by atoms with Crippen LogP contribution in [0.1, 0.15) is 20.3 Å². The van der Waals surface area contributed by atoms with E-state index in [0.717, 1.165) is 32.6 Å². The van der Waals surface area contributed by atoms with Gasteiger partial charge in [0.1, 0.15) is 0 Å². The van der Waals surface area contributed by atoms with Crippen molar-refractivity contribution in [3.63, 3.8) is 0 Å². The van der Waals surface area contributed by atoms with Gasteiger partial charge in [-0.15, -0.1) is 0 Å². The Morgan fingerprint density at radius 2 is 1.91 bits per heavy atom. The lowest BCUT2D eigenvalue weighted by Gasteiger charge is -2.25. The number of nitrogens with zero attached hydrogens (tertiary/aromatic N) is 2. The molecule has 23 heavy (non-hydrogen) atoms. The molecule has 1 aromatic carbocycles. The largest absolute Gasteiger partial charge is 0.379 e. The second kappa shape index (κ2) is 8.77. The number of benzene rings is 1. The van der Waals surface area contributed by atoms with Gasteiger partial charge in [-0.25, -0.2) is 4.79 Å². The number of urea groups is 1. The van der Waals surface area contributed by atoms with Gasteiger partial charge < -0.3 is 19.9 Å². The maximum absolute atomic E-state index is 12.4. The molecule has 0 saturated carbocycles. The van der Waals surface area contributed by atoms with E-state index in [1.807, 2.05) is 11.0 Å². The number of hydrogen-bond donors (Lipinski definition) is 1. The fourth-order valence-electron chi connectivity index (χ4n) is 2.91. The molecule has 1 atom stereocenters. The highest BCUT2D eigenvalue weighted by Crippen LogP contribution is 2.15. The van der Waals surface area contributed by atoms with Crippen molar-refractivity contribution in [3.8, 4) is 0 Å². The summed E-state index contributed by atoms with van der Waals surface area (Å²) in [4.78, 5) is 16.6. The third kappa shape index (κ3) is 5.13. The highest BCUT2D eigenvalue weighted by Gasteiger charge is 2.20. The van der Waals surface area contributed by atoms with Crippen LogP contribution in [0.2, 0.25) is 0 Å². The van der Waals surface area contributed by atoms with Crippen LogP contribution in [0.4, 0.5) is 10.5 Å². The Labute approximate surface area is 139 Å². The minimum atomic E-state index is 0.0163. The summed E-state index contributed by atoms with van der Waals surface area (Å²) < 4.78 is 5.41. The molecule has 0 bridgehead atoms. The molecule has 0 aromatic heterocycles. The van der Waals surface area contributed by atoms with E-state index in [-0.39, 0.29) is 12.1 Å². The third-order valence-electron chi connectivity index (χ3n) is 4.41. The van der Waals surface area contributed by atoms with Crippen LogP contribution >= 0.6 is 0 Å². The molecule has 1 fully saturated rings. The molecular weight excluding hydrogens is 290 g/mol. The summed E-state index contributed by atoms with van der Waals surface area (Å²) >= 11 is 0. The van der Waals surface area contributed by atoms with Crippen molar-refractivity contribution in [2.75, 3.05) is 44.7 Å². The molecule has 2 amide bonds. The van der Waals surface area contributed by atoms with E-state index in [1.165, 1.54) is 5.69 Å². The summed E-state index contributed by atoms with van der Waals surface area (Å²) in [5, 5.41) is 3.01. The maximum Gasteiger partial charge on any atom is 0.317 e. The highest BCUT2D eigenvalue weighted by atomic mass is 16.5. The smallest absolute Gasteiger partial charge is 0.317 e. The number of para-hydroxylation sites is 1. The van der Waals surface area contributed by atoms with E-state index in [9.17, 15) is 4.79 Å². The van der Waals surface area contributed by atoms with Gasteiger partial charge in [0.25, 0.3) is 0 Å². The van der Waals surface area contributed by atoms with Crippen molar-refractivity contribution in [1.82, 2.24) is 10.2 Å². The zero-order valence-corrected chi connectivity index (χ0v) is 14.5. The molecule has 1 N–H and O–H groups in total. The zero-order valence-electron chi connectivity index (χ0n) is 14.5. The molecule has 128 valence electrons. The van der Waals surface area contributed by atoms with E-state index >= 15 is 0 Å². The molecule has 2 rings (SSSR count). The molecule has 0 aliphatic carbocycles. The highest BCUT2D eigenvalue weighted by molar-refractivity contribution is 5.74. The normalized spacial score (nSPS) is 17.0. The Balaban J connectivity index is 1.84. The maximum atomic E-state index is 12.4. The van der Waals surface area contributed by atoms with Crippen LogP contribution in [0.15, 0.2) is 30.3 Å². The summed E-state index contributed by atoms with van der Waals surface area (Å²) in [5.74, 6) is 0.387. The molecular formula is C18H29N3O2. The number of methoxy groups -OCH3 is 1. The Morgan fingerprint density at radius 1 is 1.17 bits per heavy atom. The number of ether oxygens (including phenoxy) is 1. The molecule has 1 saturated heterocycles. The van der Waals surface area contributed by atoms with Crippen molar-refractivity contribution >= 4 is 11.7 Å². The molecule has 0 spiro atoms. The summed E-state index contributed by atoms with van der Waals surface area (Å²) in [6.07, 6.45) is 1.05. The molecule has 1 aliphatic heterocycles. The van der Waals surface area contributed by atoms with Gasteiger partial charge in [0.15, 0.2) is 0 Å². The lowest BCUT2D eigenvalue weighted by Crippen LogP contribution is -2.45. The second-order valence-corrected chi connectivity index (χ2v) is 6.37. The first kappa shape index (κ1) is 17.6. The number of carbonyl (C=O) groups is 1. The summed E-state index contributed by atoms with van der Waals surface area (Å²) in [5.41, 5.74) is 1.23. The quantitative estimate of drug-likeness (QED) is 0.907. The number of nitrogens with one attached hydrogen (secondary N) is 1. The van der Waals surface area contributed by atoms with Crippen molar-refractivity contribution in [2.24, 2.45) is 5.92 Å². The van der Waals surface area contributed by atoms with E-state index < -0.39 is 0 Å². The predicted molar refractivity (Wildman–Crippen MR) is 93.9 cm³/mol. The number of carbonyl (C=O) groups excluding carboxylic acids is 1. The van der Waals surface area contributed by atoms with Gasteiger partial charge in [0.2, 0.25) is 0 Å². The predicted octanol–water partition coefficient (Wildman–Crippen LogP) is 2.58. The lowest BCUT2D eigenvalue weighted by molar-refractivity contribution is 0.0653. The Morgan fingerprint density at radius 3 is 2.57 bits per heavy atom. The van der Waals surface area contributed by atoms with Gasteiger partial charge in [-0.1, -0.05) is 32.0 Å². The first-order valence-corrected chi connectivity index (χ1v) is 8.47. The number of anilines is 1. The van der Waals surface area contributed by atoms with E-state index in [4.69, 9.17) is 4.74 Å². The van der Waals surface area contributed by atoms with Crippen LogP contribution in [0.5, 0.6) is 0 Å². The zero-order chi connectivity index (χ0) is 16.7. The topological polar surface area (TPSA) is 44.8 Å². The van der Waals surface area contributed by atoms with Crippen LogP contribution in [0.25, 0.3) is 0 Å². The fraction of sp³-hybridized carbons (Fsp3) is 0.611. The van der Waals surface area contributed by atoms with Crippen LogP contribution in [0, 0.1) is 5.92 Å². The average Bonchev–Trinajstić information content (AvgIpc) is 2.82. The van der Waals surface area contributed by atoms with Gasteiger partial charge in [-0.2, -0.15) is 0 Å². The van der Waals surface area contributed by atoms with E-state index in [1.54, 1.807) is 7.11 Å². The van der Waals surface area contributed by atoms with Gasteiger partial charge in [-0.05, 0) is 24.5 Å². The number of amides is 2. The van der Waals surface area contributed by atoms with Gasteiger partial charge in [0, 0.05) is 45.5 Å². The standard InChI is InChI=1S/C18H29N3O2/c1-15(2)17(23-3)14-19-18(22)21-11-7-10-20(12-13-21)16-8-5-4-6-9-16/h4-6,8-9,15,17H,7,10-14H2,1-3H3,(H,19,22). The van der Waals surface area contributed by atoms with Crippen LogP contribution < -0.4 is 10.2 Å². The third-order valence-corrected chi connectivity index (χ3v) is 4.41. The number of rotatable bonds is 5. The van der Waals surface area contributed by atoms with Crippen molar-refractivity contribution in [1.29, 1.82) is 0 Å². The molecule has 1 aliphatic rings. The lowest BCUT2D eigenvalue weighted by atomic mass is 10.1. The minimum absolute atomic E-state index is 0.0163. The Hall–Kier alpha value is -1.75. The summed E-state index contributed by atoms with van der Waals surface area (Å²) in [7, 11) is 1.69. The van der Waals surface area contributed by atoms with Gasteiger partial charge in [0.05, 0.1) is 6.10 Å². The van der Waals surface area contributed by atoms with Crippen LogP contribution in [-0.2, 0) is 4.74 Å². The van der Waals surface area contributed by atoms with E-state index in [0.29, 0.717) is 12.5 Å². The fourth-order valence-corrected chi connectivity index (χ4v) is 2.91. The molecule has 1 aromatic rings. The van der Waals surface area contributed by atoms with E-state index in [2.05, 4.69) is 48.3 Å². The molecule has 0 radical (unpaired) electrons. The Bertz CT molecular complexity index is 478. The second-order valence-electron chi connectivity index (χ2n) is 6.37. The monoisotopic (exact) mass is 319 g/mol. The average molecular weight is 319 g/mol. The minimum Gasteiger partial charge on any atom is -0.379 e. The summed E-state index contributed by atoms with van der Waals surface area (Å²) in [6, 6.07) is 10.4. The van der Waals surface area contributed by atoms with Gasteiger partial charge in [-0.3, -0.25) is 0 Å². The number of hydrogen-bond acceptors (Lipinski definition) is 3. The van der Waals surface area contributed by atoms with Gasteiger partial charge >= 0.3 is 6.03 Å². The first-order chi connectivity index (χ1) is 11.1.